The first-order valence-corrected chi connectivity index (χ1v) is 6.65. The van der Waals surface area contributed by atoms with E-state index >= 15 is 0 Å². The standard InChI is InChI=1S/C13H13F3O2S/c1-6-3-8-9(12(17)18)5-11(13(14,15)16)19-10(8)4-7(6)2/h3-4,9,11H,5H2,1-2H3,(H,17,18). The smallest absolute Gasteiger partial charge is 0.400 e. The largest absolute Gasteiger partial charge is 0.481 e. The molecule has 2 rings (SSSR count). The van der Waals surface area contributed by atoms with Crippen LogP contribution in [0.2, 0.25) is 0 Å². The Morgan fingerprint density at radius 1 is 1.32 bits per heavy atom. The minimum Gasteiger partial charge on any atom is -0.481 e. The summed E-state index contributed by atoms with van der Waals surface area (Å²) in [5.74, 6) is -2.28. The van der Waals surface area contributed by atoms with E-state index < -0.39 is 29.7 Å². The van der Waals surface area contributed by atoms with E-state index in [-0.39, 0.29) is 0 Å². The molecule has 1 aromatic carbocycles. The molecule has 0 bridgehead atoms. The number of hydrogen-bond donors (Lipinski definition) is 1. The van der Waals surface area contributed by atoms with Crippen LogP contribution in [0.1, 0.15) is 29.0 Å². The number of aryl methyl sites for hydroxylation is 2. The van der Waals surface area contributed by atoms with Gasteiger partial charge in [0.25, 0.3) is 0 Å². The van der Waals surface area contributed by atoms with Gasteiger partial charge in [0.05, 0.1) is 5.92 Å². The van der Waals surface area contributed by atoms with Crippen molar-refractivity contribution < 1.29 is 23.1 Å². The van der Waals surface area contributed by atoms with Crippen molar-refractivity contribution in [2.45, 2.75) is 42.5 Å². The summed E-state index contributed by atoms with van der Waals surface area (Å²) >= 11 is 0.720. The Kier molecular flexibility index (Phi) is 3.55. The van der Waals surface area contributed by atoms with Crippen LogP contribution in [-0.2, 0) is 4.79 Å². The van der Waals surface area contributed by atoms with Crippen molar-refractivity contribution in [3.63, 3.8) is 0 Å². The molecule has 0 saturated carbocycles. The normalized spacial score (nSPS) is 23.0. The molecule has 0 aromatic heterocycles. The van der Waals surface area contributed by atoms with Gasteiger partial charge in [0.2, 0.25) is 0 Å². The summed E-state index contributed by atoms with van der Waals surface area (Å²) in [6.45, 7) is 3.64. The summed E-state index contributed by atoms with van der Waals surface area (Å²) < 4.78 is 38.5. The molecule has 0 spiro atoms. The van der Waals surface area contributed by atoms with Gasteiger partial charge in [-0.1, -0.05) is 6.07 Å². The molecular formula is C13H13F3O2S. The number of carbonyl (C=O) groups is 1. The van der Waals surface area contributed by atoms with Gasteiger partial charge in [-0.3, -0.25) is 4.79 Å². The predicted octanol–water partition coefficient (Wildman–Crippen LogP) is 3.90. The highest BCUT2D eigenvalue weighted by atomic mass is 32.2. The maximum Gasteiger partial charge on any atom is 0.400 e. The Balaban J connectivity index is 2.50. The number of carboxylic acids is 1. The molecule has 6 heteroatoms. The second-order valence-electron chi connectivity index (χ2n) is 4.75. The summed E-state index contributed by atoms with van der Waals surface area (Å²) in [7, 11) is 0. The first-order chi connectivity index (χ1) is 8.70. The fourth-order valence-corrected chi connectivity index (χ4v) is 3.47. The molecule has 2 nitrogen and oxygen atoms in total. The molecule has 1 aromatic rings. The molecule has 1 N–H and O–H groups in total. The van der Waals surface area contributed by atoms with Crippen LogP contribution in [0.4, 0.5) is 13.2 Å². The number of hydrogen-bond acceptors (Lipinski definition) is 2. The molecule has 0 radical (unpaired) electrons. The lowest BCUT2D eigenvalue weighted by Gasteiger charge is -2.30. The SMILES string of the molecule is Cc1cc2c(cc1C)C(C(=O)O)CC(C(F)(F)F)S2. The monoisotopic (exact) mass is 290 g/mol. The quantitative estimate of drug-likeness (QED) is 0.852. The van der Waals surface area contributed by atoms with Gasteiger partial charge in [0.15, 0.2) is 0 Å². The zero-order valence-corrected chi connectivity index (χ0v) is 11.2. The van der Waals surface area contributed by atoms with Crippen molar-refractivity contribution >= 4 is 17.7 Å². The highest BCUT2D eigenvalue weighted by molar-refractivity contribution is 8.00. The van der Waals surface area contributed by atoms with Gasteiger partial charge in [-0.2, -0.15) is 13.2 Å². The van der Waals surface area contributed by atoms with Crippen LogP contribution < -0.4 is 0 Å². The van der Waals surface area contributed by atoms with Crippen LogP contribution in [-0.4, -0.2) is 22.5 Å². The van der Waals surface area contributed by atoms with Crippen LogP contribution >= 0.6 is 11.8 Å². The third-order valence-electron chi connectivity index (χ3n) is 3.38. The lowest BCUT2D eigenvalue weighted by molar-refractivity contribution is -0.143. The maximum absolute atomic E-state index is 12.8. The van der Waals surface area contributed by atoms with E-state index in [0.29, 0.717) is 10.5 Å². The van der Waals surface area contributed by atoms with Crippen molar-refractivity contribution in [1.82, 2.24) is 0 Å². The first-order valence-electron chi connectivity index (χ1n) is 5.77. The fraction of sp³-hybridized carbons (Fsp3) is 0.462. The average Bonchev–Trinajstić information content (AvgIpc) is 2.27. The fourth-order valence-electron chi connectivity index (χ4n) is 2.16. The highest BCUT2D eigenvalue weighted by Gasteiger charge is 2.46. The Morgan fingerprint density at radius 3 is 2.42 bits per heavy atom. The van der Waals surface area contributed by atoms with Gasteiger partial charge in [-0.15, -0.1) is 11.8 Å². The molecule has 19 heavy (non-hydrogen) atoms. The van der Waals surface area contributed by atoms with Gasteiger partial charge in [-0.25, -0.2) is 0 Å². The van der Waals surface area contributed by atoms with E-state index in [0.717, 1.165) is 22.9 Å². The van der Waals surface area contributed by atoms with E-state index in [1.807, 2.05) is 13.8 Å². The van der Waals surface area contributed by atoms with Crippen molar-refractivity contribution in [1.29, 1.82) is 0 Å². The molecule has 1 aliphatic heterocycles. The van der Waals surface area contributed by atoms with E-state index in [9.17, 15) is 18.0 Å². The zero-order chi connectivity index (χ0) is 14.4. The zero-order valence-electron chi connectivity index (χ0n) is 10.4. The number of alkyl halides is 3. The topological polar surface area (TPSA) is 37.3 Å². The predicted molar refractivity (Wildman–Crippen MR) is 66.6 cm³/mol. The summed E-state index contributed by atoms with van der Waals surface area (Å²) in [5.41, 5.74) is 2.27. The van der Waals surface area contributed by atoms with Crippen molar-refractivity contribution in [2.24, 2.45) is 0 Å². The Labute approximate surface area is 113 Å². The number of thioether (sulfide) groups is 1. The number of aliphatic carboxylic acids is 1. The van der Waals surface area contributed by atoms with E-state index in [2.05, 4.69) is 0 Å². The van der Waals surface area contributed by atoms with Gasteiger partial charge in [-0.05, 0) is 43.0 Å². The van der Waals surface area contributed by atoms with Gasteiger partial charge < -0.3 is 5.11 Å². The second-order valence-corrected chi connectivity index (χ2v) is 5.99. The van der Waals surface area contributed by atoms with E-state index in [1.165, 1.54) is 0 Å². The summed E-state index contributed by atoms with van der Waals surface area (Å²) in [5, 5.41) is 7.50. The maximum atomic E-state index is 12.8. The van der Waals surface area contributed by atoms with Crippen LogP contribution in [0.15, 0.2) is 17.0 Å². The molecule has 2 unspecified atom stereocenters. The van der Waals surface area contributed by atoms with Crippen LogP contribution in [0.25, 0.3) is 0 Å². The molecular weight excluding hydrogens is 277 g/mol. The molecule has 0 aliphatic carbocycles. The highest BCUT2D eigenvalue weighted by Crippen LogP contribution is 2.48. The molecule has 104 valence electrons. The first kappa shape index (κ1) is 14.2. The minimum absolute atomic E-state index is 0.404. The average molecular weight is 290 g/mol. The van der Waals surface area contributed by atoms with Crippen LogP contribution in [0, 0.1) is 13.8 Å². The molecule has 1 aliphatic rings. The molecule has 2 atom stereocenters. The van der Waals surface area contributed by atoms with E-state index in [1.54, 1.807) is 12.1 Å². The Morgan fingerprint density at radius 2 is 1.89 bits per heavy atom. The molecule has 0 amide bonds. The van der Waals surface area contributed by atoms with Crippen LogP contribution in [0.5, 0.6) is 0 Å². The molecule has 0 fully saturated rings. The summed E-state index contributed by atoms with van der Waals surface area (Å²) in [6, 6.07) is 3.35. The summed E-state index contributed by atoms with van der Waals surface area (Å²) in [6.07, 6.45) is -4.78. The van der Waals surface area contributed by atoms with Crippen LogP contribution in [0.3, 0.4) is 0 Å². The number of fused-ring (bicyclic) bond motifs is 1. The van der Waals surface area contributed by atoms with Crippen molar-refractivity contribution in [3.05, 3.63) is 28.8 Å². The van der Waals surface area contributed by atoms with Crippen molar-refractivity contribution in [3.8, 4) is 0 Å². The van der Waals surface area contributed by atoms with E-state index in [4.69, 9.17) is 5.11 Å². The molecule has 1 heterocycles. The lowest BCUT2D eigenvalue weighted by Crippen LogP contribution is -2.32. The Bertz CT molecular complexity index is 525. The number of rotatable bonds is 1. The third-order valence-corrected chi connectivity index (χ3v) is 4.74. The lowest BCUT2D eigenvalue weighted by atomic mass is 9.91. The summed E-state index contributed by atoms with van der Waals surface area (Å²) in [4.78, 5) is 11.6. The second kappa shape index (κ2) is 4.74. The van der Waals surface area contributed by atoms with Crippen molar-refractivity contribution in [2.75, 3.05) is 0 Å². The number of benzene rings is 1. The number of carboxylic acid groups (broad SMARTS) is 1. The molecule has 0 saturated heterocycles. The third kappa shape index (κ3) is 2.73. The van der Waals surface area contributed by atoms with Gasteiger partial charge in [0.1, 0.15) is 5.25 Å². The van der Waals surface area contributed by atoms with Gasteiger partial charge >= 0.3 is 12.1 Å². The minimum atomic E-state index is -4.38. The van der Waals surface area contributed by atoms with Gasteiger partial charge in [0, 0.05) is 4.90 Å². The Hall–Kier alpha value is -1.17. The number of halogens is 3.